The summed E-state index contributed by atoms with van der Waals surface area (Å²) in [7, 11) is 0. The van der Waals surface area contributed by atoms with Crippen LogP contribution in [0.25, 0.3) is 23.0 Å². The molecule has 4 rings (SSSR count). The summed E-state index contributed by atoms with van der Waals surface area (Å²) in [6.07, 6.45) is 12.0. The van der Waals surface area contributed by atoms with Crippen LogP contribution in [0.5, 0.6) is 5.75 Å². The Kier molecular flexibility index (Phi) is 10.8. The van der Waals surface area contributed by atoms with Crippen molar-refractivity contribution >= 4 is 40.3 Å². The number of nitrogens with zero attached hydrogens (tertiary/aromatic N) is 3. The Labute approximate surface area is 242 Å². The quantitative estimate of drug-likeness (QED) is 0.112. The normalized spacial score (nSPS) is 14.7. The van der Waals surface area contributed by atoms with E-state index in [0.717, 1.165) is 47.5 Å². The second-order valence-corrected chi connectivity index (χ2v) is 12.0. The predicted octanol–water partition coefficient (Wildman–Crippen LogP) is 8.53. The van der Waals surface area contributed by atoms with Crippen LogP contribution in [0.1, 0.15) is 71.3 Å². The molecule has 1 fully saturated rings. The lowest BCUT2D eigenvalue weighted by molar-refractivity contribution is -0.122. The molecule has 2 aromatic carbocycles. The standard InChI is InChI=1S/C32H39N3O2S2/c1-4-5-6-7-8-12-20-34-31(36)29(39-32(34)38)22-26-23-35(27-13-10-9-11-14-27)33-30(26)25-15-17-28(18-16-25)37-21-19-24(2)3/h9-11,13-18,22-24H,4-8,12,19-21H2,1-3H3/b29-22-. The zero-order valence-corrected chi connectivity index (χ0v) is 24.9. The number of amides is 1. The summed E-state index contributed by atoms with van der Waals surface area (Å²) in [6, 6.07) is 18.1. The first-order valence-electron chi connectivity index (χ1n) is 14.1. The molecule has 0 N–H and O–H groups in total. The number of carbonyl (C=O) groups excluding carboxylic acids is 1. The highest BCUT2D eigenvalue weighted by atomic mass is 32.2. The van der Waals surface area contributed by atoms with Crippen LogP contribution in [0.3, 0.4) is 0 Å². The lowest BCUT2D eigenvalue weighted by Gasteiger charge is -2.14. The molecule has 0 atom stereocenters. The van der Waals surface area contributed by atoms with E-state index in [1.165, 1.54) is 37.4 Å². The summed E-state index contributed by atoms with van der Waals surface area (Å²) in [5, 5.41) is 4.92. The van der Waals surface area contributed by atoms with Gasteiger partial charge in [-0.25, -0.2) is 4.68 Å². The van der Waals surface area contributed by atoms with Gasteiger partial charge in [0.05, 0.1) is 22.9 Å². The molecule has 2 heterocycles. The second-order valence-electron chi connectivity index (χ2n) is 10.4. The van der Waals surface area contributed by atoms with Gasteiger partial charge in [0.15, 0.2) is 0 Å². The molecular weight excluding hydrogens is 523 g/mol. The van der Waals surface area contributed by atoms with Gasteiger partial charge in [0.2, 0.25) is 0 Å². The SMILES string of the molecule is CCCCCCCCN1C(=O)/C(=C/c2cn(-c3ccccc3)nc2-c2ccc(OCCC(C)C)cc2)SC1=S. The first kappa shape index (κ1) is 29.1. The number of carbonyl (C=O) groups is 1. The Balaban J connectivity index is 1.55. The molecule has 0 saturated carbocycles. The fourth-order valence-corrected chi connectivity index (χ4v) is 5.74. The Morgan fingerprint density at radius 3 is 2.44 bits per heavy atom. The minimum atomic E-state index is -0.00845. The van der Waals surface area contributed by atoms with Crippen LogP contribution in [0.15, 0.2) is 65.7 Å². The molecule has 0 aliphatic carbocycles. The topological polar surface area (TPSA) is 47.4 Å². The Bertz CT molecular complexity index is 1270. The number of rotatable bonds is 14. The molecule has 1 aliphatic rings. The van der Waals surface area contributed by atoms with E-state index in [4.69, 9.17) is 22.1 Å². The molecule has 1 saturated heterocycles. The van der Waals surface area contributed by atoms with Crippen LogP contribution in [-0.4, -0.2) is 38.1 Å². The first-order valence-corrected chi connectivity index (χ1v) is 15.3. The average molecular weight is 562 g/mol. The van der Waals surface area contributed by atoms with Crippen molar-refractivity contribution in [3.8, 4) is 22.7 Å². The smallest absolute Gasteiger partial charge is 0.266 e. The van der Waals surface area contributed by atoms with Crippen LogP contribution in [-0.2, 0) is 4.79 Å². The number of aromatic nitrogens is 2. The van der Waals surface area contributed by atoms with Gasteiger partial charge >= 0.3 is 0 Å². The summed E-state index contributed by atoms with van der Waals surface area (Å²) in [6.45, 7) is 7.99. The number of thiocarbonyl (C=S) groups is 1. The van der Waals surface area contributed by atoms with Crippen LogP contribution in [0.4, 0.5) is 0 Å². The lowest BCUT2D eigenvalue weighted by atomic mass is 10.1. The van der Waals surface area contributed by atoms with Gasteiger partial charge in [-0.15, -0.1) is 0 Å². The van der Waals surface area contributed by atoms with E-state index in [0.29, 0.717) is 28.3 Å². The number of unbranched alkanes of at least 4 members (excludes halogenated alkanes) is 5. The Hall–Kier alpha value is -2.90. The summed E-state index contributed by atoms with van der Waals surface area (Å²) >= 11 is 6.98. The van der Waals surface area contributed by atoms with E-state index >= 15 is 0 Å². The van der Waals surface area contributed by atoms with Gasteiger partial charge in [0.25, 0.3) is 5.91 Å². The van der Waals surface area contributed by atoms with E-state index in [2.05, 4.69) is 20.8 Å². The first-order chi connectivity index (χ1) is 19.0. The summed E-state index contributed by atoms with van der Waals surface area (Å²) < 4.78 is 8.42. The molecule has 39 heavy (non-hydrogen) atoms. The Morgan fingerprint density at radius 1 is 1.00 bits per heavy atom. The largest absolute Gasteiger partial charge is 0.494 e. The average Bonchev–Trinajstić information content (AvgIpc) is 3.47. The number of hydrogen-bond donors (Lipinski definition) is 0. The molecule has 7 heteroatoms. The number of thioether (sulfide) groups is 1. The fraction of sp³-hybridized carbons (Fsp3) is 0.406. The van der Waals surface area contributed by atoms with Crippen molar-refractivity contribution in [1.29, 1.82) is 0 Å². The molecule has 1 aromatic heterocycles. The van der Waals surface area contributed by atoms with E-state index in [9.17, 15) is 4.79 Å². The predicted molar refractivity (Wildman–Crippen MR) is 167 cm³/mol. The van der Waals surface area contributed by atoms with Crippen LogP contribution in [0, 0.1) is 5.92 Å². The van der Waals surface area contributed by atoms with E-state index in [1.807, 2.05) is 71.6 Å². The van der Waals surface area contributed by atoms with Gasteiger partial charge in [0.1, 0.15) is 10.1 Å². The van der Waals surface area contributed by atoms with Gasteiger partial charge in [0, 0.05) is 23.9 Å². The molecule has 1 aliphatic heterocycles. The third kappa shape index (κ3) is 8.05. The molecule has 0 bridgehead atoms. The highest BCUT2D eigenvalue weighted by Crippen LogP contribution is 2.35. The molecule has 0 radical (unpaired) electrons. The van der Waals surface area contributed by atoms with Crippen LogP contribution < -0.4 is 4.74 Å². The number of benzene rings is 2. The maximum absolute atomic E-state index is 13.3. The second kappa shape index (κ2) is 14.5. The van der Waals surface area contributed by atoms with Crippen LogP contribution in [0.2, 0.25) is 0 Å². The van der Waals surface area contributed by atoms with E-state index < -0.39 is 0 Å². The van der Waals surface area contributed by atoms with Gasteiger partial charge in [-0.3, -0.25) is 9.69 Å². The number of para-hydroxylation sites is 1. The minimum absolute atomic E-state index is 0.00845. The zero-order chi connectivity index (χ0) is 27.6. The summed E-state index contributed by atoms with van der Waals surface area (Å²) in [5.41, 5.74) is 3.62. The molecule has 0 spiro atoms. The maximum Gasteiger partial charge on any atom is 0.266 e. The van der Waals surface area contributed by atoms with Crippen molar-refractivity contribution in [1.82, 2.24) is 14.7 Å². The number of hydrogen-bond acceptors (Lipinski definition) is 5. The van der Waals surface area contributed by atoms with Gasteiger partial charge in [-0.05, 0) is 61.2 Å². The lowest BCUT2D eigenvalue weighted by Crippen LogP contribution is -2.29. The molecule has 206 valence electrons. The van der Waals surface area contributed by atoms with Crippen molar-refractivity contribution in [3.05, 3.63) is 71.3 Å². The molecule has 3 aromatic rings. The summed E-state index contributed by atoms with van der Waals surface area (Å²) in [5.74, 6) is 1.44. The summed E-state index contributed by atoms with van der Waals surface area (Å²) in [4.78, 5) is 15.7. The van der Waals surface area contributed by atoms with Crippen molar-refractivity contribution in [2.75, 3.05) is 13.2 Å². The molecule has 1 amide bonds. The van der Waals surface area contributed by atoms with Crippen LogP contribution >= 0.6 is 24.0 Å². The zero-order valence-electron chi connectivity index (χ0n) is 23.3. The van der Waals surface area contributed by atoms with E-state index in [-0.39, 0.29) is 5.91 Å². The highest BCUT2D eigenvalue weighted by molar-refractivity contribution is 8.26. The maximum atomic E-state index is 13.3. The Morgan fingerprint density at radius 2 is 1.72 bits per heavy atom. The molecule has 5 nitrogen and oxygen atoms in total. The highest BCUT2D eigenvalue weighted by Gasteiger charge is 2.32. The molecular formula is C32H39N3O2S2. The monoisotopic (exact) mass is 561 g/mol. The van der Waals surface area contributed by atoms with Crippen molar-refractivity contribution < 1.29 is 9.53 Å². The minimum Gasteiger partial charge on any atom is -0.494 e. The third-order valence-electron chi connectivity index (χ3n) is 6.75. The van der Waals surface area contributed by atoms with Crippen molar-refractivity contribution in [3.63, 3.8) is 0 Å². The van der Waals surface area contributed by atoms with Crippen molar-refractivity contribution in [2.24, 2.45) is 5.92 Å². The van der Waals surface area contributed by atoms with E-state index in [1.54, 1.807) is 4.90 Å². The molecule has 0 unspecified atom stereocenters. The van der Waals surface area contributed by atoms with Crippen molar-refractivity contribution in [2.45, 2.75) is 65.7 Å². The number of ether oxygens (including phenoxy) is 1. The fourth-order valence-electron chi connectivity index (χ4n) is 4.44. The van der Waals surface area contributed by atoms with Gasteiger partial charge in [-0.1, -0.05) is 95.1 Å². The third-order valence-corrected chi connectivity index (χ3v) is 8.13. The van der Waals surface area contributed by atoms with Gasteiger partial charge in [-0.2, -0.15) is 5.10 Å². The van der Waals surface area contributed by atoms with Gasteiger partial charge < -0.3 is 4.74 Å².